The third-order valence-corrected chi connectivity index (χ3v) is 4.83. The van der Waals surface area contributed by atoms with Gasteiger partial charge in [0.15, 0.2) is 0 Å². The van der Waals surface area contributed by atoms with Crippen LogP contribution in [0.25, 0.3) is 0 Å². The summed E-state index contributed by atoms with van der Waals surface area (Å²) in [7, 11) is 0. The molecular weight excluding hydrogens is 280 g/mol. The number of nitrogens with two attached hydrogens (primary N) is 1. The van der Waals surface area contributed by atoms with E-state index in [0.29, 0.717) is 6.61 Å². The van der Waals surface area contributed by atoms with Gasteiger partial charge in [0.25, 0.3) is 0 Å². The van der Waals surface area contributed by atoms with Crippen molar-refractivity contribution in [3.8, 4) is 5.75 Å². The van der Waals surface area contributed by atoms with Crippen molar-refractivity contribution >= 4 is 11.3 Å². The van der Waals surface area contributed by atoms with Crippen LogP contribution >= 0.6 is 11.3 Å². The first-order valence-corrected chi connectivity index (χ1v) is 8.19. The van der Waals surface area contributed by atoms with Gasteiger partial charge in [-0.1, -0.05) is 25.1 Å². The van der Waals surface area contributed by atoms with Gasteiger partial charge in [0, 0.05) is 16.8 Å². The van der Waals surface area contributed by atoms with E-state index in [1.165, 1.54) is 4.88 Å². The average molecular weight is 304 g/mol. The highest BCUT2D eigenvalue weighted by Crippen LogP contribution is 2.29. The first-order valence-electron chi connectivity index (χ1n) is 7.38. The smallest absolute Gasteiger partial charge is 0.122 e. The van der Waals surface area contributed by atoms with E-state index in [4.69, 9.17) is 15.5 Å². The van der Waals surface area contributed by atoms with Gasteiger partial charge in [0.1, 0.15) is 5.75 Å². The Bertz CT molecular complexity index is 599. The molecule has 0 aliphatic heterocycles. The Labute approximate surface area is 131 Å². The molecule has 2 aromatic rings. The Morgan fingerprint density at radius 3 is 2.57 bits per heavy atom. The first kappa shape index (κ1) is 16.0. The summed E-state index contributed by atoms with van der Waals surface area (Å²) in [4.78, 5) is 5.90. The highest BCUT2D eigenvalue weighted by atomic mass is 32.1. The molecule has 1 aromatic heterocycles. The van der Waals surface area contributed by atoms with Crippen molar-refractivity contribution in [2.24, 2.45) is 5.73 Å². The predicted octanol–water partition coefficient (Wildman–Crippen LogP) is 3.83. The molecule has 2 N–H and O–H groups in total. The second kappa shape index (κ2) is 6.58. The van der Waals surface area contributed by atoms with Crippen LogP contribution in [0.15, 0.2) is 24.3 Å². The van der Waals surface area contributed by atoms with Crippen LogP contribution in [0.4, 0.5) is 0 Å². The van der Waals surface area contributed by atoms with Crippen molar-refractivity contribution in [2.45, 2.75) is 46.1 Å². The summed E-state index contributed by atoms with van der Waals surface area (Å²) in [6.07, 6.45) is 1.74. The highest BCUT2D eigenvalue weighted by molar-refractivity contribution is 7.11. The number of nitrogens with zero attached hydrogens (tertiary/aromatic N) is 1. The Balaban J connectivity index is 2.01. The summed E-state index contributed by atoms with van der Waals surface area (Å²) in [6.45, 7) is 8.90. The second-order valence-electron chi connectivity index (χ2n) is 5.82. The van der Waals surface area contributed by atoms with Crippen molar-refractivity contribution in [1.82, 2.24) is 4.98 Å². The number of hydrogen-bond acceptors (Lipinski definition) is 4. The van der Waals surface area contributed by atoms with Crippen molar-refractivity contribution in [1.29, 1.82) is 0 Å². The Kier molecular flexibility index (Phi) is 5.01. The predicted molar refractivity (Wildman–Crippen MR) is 89.1 cm³/mol. The van der Waals surface area contributed by atoms with Crippen LogP contribution < -0.4 is 10.5 Å². The molecule has 4 heteroatoms. The third kappa shape index (κ3) is 4.05. The van der Waals surface area contributed by atoms with Gasteiger partial charge in [0.05, 0.1) is 17.3 Å². The summed E-state index contributed by atoms with van der Waals surface area (Å²) in [5.74, 6) is 0.948. The lowest BCUT2D eigenvalue weighted by atomic mass is 10.0. The van der Waals surface area contributed by atoms with Gasteiger partial charge in [0.2, 0.25) is 0 Å². The van der Waals surface area contributed by atoms with Gasteiger partial charge in [-0.25, -0.2) is 4.98 Å². The minimum Gasteiger partial charge on any atom is -0.493 e. The zero-order chi connectivity index (χ0) is 15.5. The molecule has 0 bridgehead atoms. The number of para-hydroxylation sites is 1. The van der Waals surface area contributed by atoms with Crippen molar-refractivity contribution in [3.05, 3.63) is 45.4 Å². The maximum atomic E-state index is 6.23. The van der Waals surface area contributed by atoms with E-state index in [1.54, 1.807) is 11.3 Å². The van der Waals surface area contributed by atoms with Crippen molar-refractivity contribution < 1.29 is 4.74 Å². The van der Waals surface area contributed by atoms with Gasteiger partial charge < -0.3 is 10.5 Å². The number of rotatable bonds is 6. The Hall–Kier alpha value is -1.39. The molecule has 0 atom stereocenters. The molecule has 2 rings (SSSR count). The summed E-state index contributed by atoms with van der Waals surface area (Å²) in [5, 5.41) is 1.11. The zero-order valence-corrected chi connectivity index (χ0v) is 14.1. The minimum absolute atomic E-state index is 0.321. The largest absolute Gasteiger partial charge is 0.493 e. The molecule has 3 nitrogen and oxygen atoms in total. The molecule has 0 saturated heterocycles. The molecule has 1 aromatic carbocycles. The van der Waals surface area contributed by atoms with Crippen LogP contribution in [-0.2, 0) is 18.4 Å². The van der Waals surface area contributed by atoms with Crippen LogP contribution in [0.3, 0.4) is 0 Å². The lowest BCUT2D eigenvalue weighted by Crippen LogP contribution is -2.28. The summed E-state index contributed by atoms with van der Waals surface area (Å²) in [5.41, 5.74) is 8.19. The molecule has 0 amide bonds. The van der Waals surface area contributed by atoms with Crippen LogP contribution in [0.2, 0.25) is 0 Å². The fourth-order valence-corrected chi connectivity index (χ4v) is 3.37. The van der Waals surface area contributed by atoms with Crippen molar-refractivity contribution in [2.75, 3.05) is 6.61 Å². The average Bonchev–Trinajstić information content (AvgIpc) is 2.84. The third-order valence-electron chi connectivity index (χ3n) is 3.33. The van der Waals surface area contributed by atoms with E-state index in [1.807, 2.05) is 32.0 Å². The zero-order valence-electron chi connectivity index (χ0n) is 13.3. The summed E-state index contributed by atoms with van der Waals surface area (Å²) < 4.78 is 5.84. The SMILES string of the molecule is CCc1nc(CCOc2ccccc2C)sc1C(C)(C)N. The number of aryl methyl sites for hydroxylation is 2. The Morgan fingerprint density at radius 1 is 1.29 bits per heavy atom. The first-order chi connectivity index (χ1) is 9.91. The molecule has 0 fully saturated rings. The number of ether oxygens (including phenoxy) is 1. The number of benzene rings is 1. The quantitative estimate of drug-likeness (QED) is 0.882. The number of hydrogen-bond donors (Lipinski definition) is 1. The minimum atomic E-state index is -0.321. The van der Waals surface area contributed by atoms with Crippen LogP contribution in [0.1, 0.15) is 41.9 Å². The van der Waals surface area contributed by atoms with Gasteiger partial charge in [-0.2, -0.15) is 0 Å². The molecule has 0 radical (unpaired) electrons. The van der Waals surface area contributed by atoms with E-state index in [2.05, 4.69) is 19.9 Å². The van der Waals surface area contributed by atoms with Crippen LogP contribution in [-0.4, -0.2) is 11.6 Å². The fourth-order valence-electron chi connectivity index (χ4n) is 2.22. The molecule has 1 heterocycles. The standard InChI is InChI=1S/C17H24N2OS/c1-5-13-16(17(3,4)18)21-15(19-13)10-11-20-14-9-7-6-8-12(14)2/h6-9H,5,10-11,18H2,1-4H3. The molecule has 0 aliphatic rings. The monoisotopic (exact) mass is 304 g/mol. The molecule has 21 heavy (non-hydrogen) atoms. The summed E-state index contributed by atoms with van der Waals surface area (Å²) in [6, 6.07) is 8.08. The lowest BCUT2D eigenvalue weighted by Gasteiger charge is -2.17. The lowest BCUT2D eigenvalue weighted by molar-refractivity contribution is 0.319. The van der Waals surface area contributed by atoms with E-state index >= 15 is 0 Å². The maximum absolute atomic E-state index is 6.23. The molecule has 0 spiro atoms. The van der Waals surface area contributed by atoms with E-state index in [9.17, 15) is 0 Å². The Morgan fingerprint density at radius 2 is 2.00 bits per heavy atom. The molecule has 0 saturated carbocycles. The van der Waals surface area contributed by atoms with E-state index in [0.717, 1.165) is 34.9 Å². The molecule has 114 valence electrons. The van der Waals surface area contributed by atoms with Gasteiger partial charge in [-0.15, -0.1) is 11.3 Å². The van der Waals surface area contributed by atoms with E-state index < -0.39 is 0 Å². The second-order valence-corrected chi connectivity index (χ2v) is 6.91. The highest BCUT2D eigenvalue weighted by Gasteiger charge is 2.22. The normalized spacial score (nSPS) is 11.7. The molecule has 0 aliphatic carbocycles. The molecular formula is C17H24N2OS. The maximum Gasteiger partial charge on any atom is 0.122 e. The van der Waals surface area contributed by atoms with Gasteiger partial charge in [-0.3, -0.25) is 0 Å². The van der Waals surface area contributed by atoms with Crippen molar-refractivity contribution in [3.63, 3.8) is 0 Å². The van der Waals surface area contributed by atoms with Crippen LogP contribution in [0, 0.1) is 6.92 Å². The van der Waals surface area contributed by atoms with E-state index in [-0.39, 0.29) is 5.54 Å². The fraction of sp³-hybridized carbons (Fsp3) is 0.471. The number of thiazole rings is 1. The van der Waals surface area contributed by atoms with Crippen LogP contribution in [0.5, 0.6) is 5.75 Å². The summed E-state index contributed by atoms with van der Waals surface area (Å²) >= 11 is 1.71. The topological polar surface area (TPSA) is 48.1 Å². The van der Waals surface area contributed by atoms with Gasteiger partial charge >= 0.3 is 0 Å². The number of aromatic nitrogens is 1. The van der Waals surface area contributed by atoms with Gasteiger partial charge in [-0.05, 0) is 38.8 Å². The molecule has 0 unspecified atom stereocenters.